The molecule has 2 unspecified atom stereocenters. The number of hydrogen-bond acceptors (Lipinski definition) is 1. The summed E-state index contributed by atoms with van der Waals surface area (Å²) < 4.78 is 0. The first-order valence-electron chi connectivity index (χ1n) is 4.53. The Balaban J connectivity index is 2.22. The molecule has 0 N–H and O–H groups in total. The van der Waals surface area contributed by atoms with Crippen LogP contribution >= 0.6 is 0 Å². The van der Waals surface area contributed by atoms with Gasteiger partial charge in [0.1, 0.15) is 0 Å². The molecule has 0 saturated heterocycles. The molecule has 2 rings (SSSR count). The highest BCUT2D eigenvalue weighted by molar-refractivity contribution is 5.95. The van der Waals surface area contributed by atoms with E-state index in [-0.39, 0.29) is 0 Å². The molecule has 2 aliphatic carbocycles. The van der Waals surface area contributed by atoms with Crippen LogP contribution < -0.4 is 0 Å². The quantitative estimate of drug-likeness (QED) is 0.518. The Bertz CT molecular complexity index is 215. The average molecular weight is 150 g/mol. The molecule has 11 heavy (non-hydrogen) atoms. The van der Waals surface area contributed by atoms with Crippen LogP contribution in [0.2, 0.25) is 0 Å². The number of carbonyl (C=O) groups is 1. The number of rotatable bonds is 0. The molecule has 0 aromatic rings. The van der Waals surface area contributed by atoms with Gasteiger partial charge in [0.2, 0.25) is 0 Å². The maximum absolute atomic E-state index is 11.3. The van der Waals surface area contributed by atoms with Gasteiger partial charge in [-0.25, -0.2) is 0 Å². The van der Waals surface area contributed by atoms with Gasteiger partial charge >= 0.3 is 0 Å². The van der Waals surface area contributed by atoms with Gasteiger partial charge in [-0.05, 0) is 31.3 Å². The maximum Gasteiger partial charge on any atom is 0.159 e. The van der Waals surface area contributed by atoms with Gasteiger partial charge in [-0.15, -0.1) is 0 Å². The number of carbonyl (C=O) groups excluding carboxylic acids is 1. The summed E-state index contributed by atoms with van der Waals surface area (Å²) in [6.45, 7) is 2.07. The number of fused-ring (bicyclic) bond motifs is 1. The molecule has 60 valence electrons. The van der Waals surface area contributed by atoms with Crippen molar-refractivity contribution < 1.29 is 4.79 Å². The van der Waals surface area contributed by atoms with Gasteiger partial charge in [-0.2, -0.15) is 0 Å². The summed E-state index contributed by atoms with van der Waals surface area (Å²) >= 11 is 0. The van der Waals surface area contributed by atoms with Crippen molar-refractivity contribution in [3.8, 4) is 0 Å². The summed E-state index contributed by atoms with van der Waals surface area (Å²) in [5.41, 5.74) is 1.44. The van der Waals surface area contributed by atoms with Crippen LogP contribution in [0.4, 0.5) is 0 Å². The van der Waals surface area contributed by atoms with Crippen molar-refractivity contribution in [2.45, 2.75) is 32.6 Å². The van der Waals surface area contributed by atoms with Crippen molar-refractivity contribution >= 4 is 5.78 Å². The van der Waals surface area contributed by atoms with E-state index < -0.39 is 0 Å². The van der Waals surface area contributed by atoms with E-state index >= 15 is 0 Å². The molecule has 1 fully saturated rings. The zero-order valence-electron chi connectivity index (χ0n) is 6.97. The Morgan fingerprint density at radius 3 is 3.00 bits per heavy atom. The minimum absolute atomic E-state index is 0.297. The van der Waals surface area contributed by atoms with Crippen molar-refractivity contribution in [2.75, 3.05) is 0 Å². The van der Waals surface area contributed by atoms with Crippen molar-refractivity contribution in [3.63, 3.8) is 0 Å². The average Bonchev–Trinajstić information content (AvgIpc) is 2.30. The number of hydrogen-bond donors (Lipinski definition) is 0. The topological polar surface area (TPSA) is 17.1 Å². The fraction of sp³-hybridized carbons (Fsp3) is 0.700. The van der Waals surface area contributed by atoms with E-state index in [1.165, 1.54) is 31.3 Å². The second-order valence-electron chi connectivity index (χ2n) is 3.76. The summed E-state index contributed by atoms with van der Waals surface area (Å²) in [7, 11) is 0. The third-order valence-electron chi connectivity index (χ3n) is 3.09. The molecule has 0 aliphatic heterocycles. The van der Waals surface area contributed by atoms with Crippen LogP contribution in [0.3, 0.4) is 0 Å². The largest absolute Gasteiger partial charge is 0.295 e. The lowest BCUT2D eigenvalue weighted by molar-refractivity contribution is -0.117. The molecule has 1 heteroatoms. The highest BCUT2D eigenvalue weighted by Crippen LogP contribution is 2.39. The summed E-state index contributed by atoms with van der Waals surface area (Å²) in [4.78, 5) is 11.3. The van der Waals surface area contributed by atoms with Crippen LogP contribution in [-0.4, -0.2) is 5.78 Å². The predicted molar refractivity (Wildman–Crippen MR) is 44.2 cm³/mol. The van der Waals surface area contributed by atoms with Gasteiger partial charge in [-0.3, -0.25) is 4.79 Å². The molecular formula is C10H14O. The van der Waals surface area contributed by atoms with Crippen LogP contribution in [0.1, 0.15) is 32.6 Å². The molecule has 0 radical (unpaired) electrons. The third kappa shape index (κ3) is 1.03. The van der Waals surface area contributed by atoms with Crippen LogP contribution in [0.15, 0.2) is 11.6 Å². The predicted octanol–water partition coefficient (Wildman–Crippen LogP) is 2.32. The van der Waals surface area contributed by atoms with Gasteiger partial charge in [0.15, 0.2) is 5.78 Å². The van der Waals surface area contributed by atoms with Crippen molar-refractivity contribution in [3.05, 3.63) is 11.6 Å². The van der Waals surface area contributed by atoms with Crippen LogP contribution in [0.25, 0.3) is 0 Å². The zero-order chi connectivity index (χ0) is 7.84. The Hall–Kier alpha value is -0.590. The standard InChI is InChI=1S/C10H14O/c1-7-9-5-3-2-4-8(9)6-10(7)11/h6-7,9H,2-5H2,1H3. The first-order chi connectivity index (χ1) is 5.29. The Morgan fingerprint density at radius 1 is 1.45 bits per heavy atom. The smallest absolute Gasteiger partial charge is 0.159 e. The zero-order valence-corrected chi connectivity index (χ0v) is 6.97. The number of allylic oxidation sites excluding steroid dienone is 2. The SMILES string of the molecule is CC1C(=O)C=C2CCCCC21. The molecule has 0 bridgehead atoms. The summed E-state index contributed by atoms with van der Waals surface area (Å²) in [5.74, 6) is 1.29. The monoisotopic (exact) mass is 150 g/mol. The molecule has 0 heterocycles. The highest BCUT2D eigenvalue weighted by Gasteiger charge is 2.33. The molecule has 2 atom stereocenters. The van der Waals surface area contributed by atoms with Crippen LogP contribution in [-0.2, 0) is 4.79 Å². The van der Waals surface area contributed by atoms with Gasteiger partial charge in [-0.1, -0.05) is 18.9 Å². The van der Waals surface area contributed by atoms with Gasteiger partial charge in [0.25, 0.3) is 0 Å². The molecule has 0 aromatic carbocycles. The molecule has 0 amide bonds. The Labute approximate surface area is 67.5 Å². The van der Waals surface area contributed by atoms with E-state index in [2.05, 4.69) is 6.92 Å². The molecule has 1 nitrogen and oxygen atoms in total. The van der Waals surface area contributed by atoms with E-state index in [0.29, 0.717) is 17.6 Å². The lowest BCUT2D eigenvalue weighted by Gasteiger charge is -2.23. The normalized spacial score (nSPS) is 36.8. The molecule has 1 saturated carbocycles. The van der Waals surface area contributed by atoms with E-state index in [0.717, 1.165) is 0 Å². The van der Waals surface area contributed by atoms with Crippen molar-refractivity contribution in [1.29, 1.82) is 0 Å². The van der Waals surface area contributed by atoms with Crippen LogP contribution in [0.5, 0.6) is 0 Å². The Kier molecular flexibility index (Phi) is 1.59. The highest BCUT2D eigenvalue weighted by atomic mass is 16.1. The van der Waals surface area contributed by atoms with Crippen molar-refractivity contribution in [2.24, 2.45) is 11.8 Å². The van der Waals surface area contributed by atoms with Gasteiger partial charge in [0, 0.05) is 5.92 Å². The number of ketones is 1. The minimum Gasteiger partial charge on any atom is -0.295 e. The summed E-state index contributed by atoms with van der Waals surface area (Å²) in [6.07, 6.45) is 6.94. The second kappa shape index (κ2) is 2.47. The van der Waals surface area contributed by atoms with E-state index in [9.17, 15) is 4.79 Å². The van der Waals surface area contributed by atoms with E-state index in [4.69, 9.17) is 0 Å². The summed E-state index contributed by atoms with van der Waals surface area (Å²) in [6, 6.07) is 0. The van der Waals surface area contributed by atoms with E-state index in [1.807, 2.05) is 6.08 Å². The minimum atomic E-state index is 0.297. The first kappa shape index (κ1) is 7.08. The van der Waals surface area contributed by atoms with Gasteiger partial charge in [0.05, 0.1) is 0 Å². The van der Waals surface area contributed by atoms with Gasteiger partial charge < -0.3 is 0 Å². The fourth-order valence-electron chi connectivity index (χ4n) is 2.33. The molecule has 0 aromatic heterocycles. The first-order valence-corrected chi connectivity index (χ1v) is 4.53. The fourth-order valence-corrected chi connectivity index (χ4v) is 2.33. The van der Waals surface area contributed by atoms with Crippen molar-refractivity contribution in [1.82, 2.24) is 0 Å². The molecular weight excluding hydrogens is 136 g/mol. The maximum atomic E-state index is 11.3. The molecule has 0 spiro atoms. The van der Waals surface area contributed by atoms with E-state index in [1.54, 1.807) is 0 Å². The Morgan fingerprint density at radius 2 is 2.27 bits per heavy atom. The molecule has 2 aliphatic rings. The summed E-state index contributed by atoms with van der Waals surface area (Å²) in [5, 5.41) is 0. The third-order valence-corrected chi connectivity index (χ3v) is 3.09. The lowest BCUT2D eigenvalue weighted by atomic mass is 9.81. The van der Waals surface area contributed by atoms with Crippen LogP contribution in [0, 0.1) is 11.8 Å². The second-order valence-corrected chi connectivity index (χ2v) is 3.76. The lowest BCUT2D eigenvalue weighted by Crippen LogP contribution is -2.16.